The van der Waals surface area contributed by atoms with Gasteiger partial charge >= 0.3 is 0 Å². The predicted octanol–water partition coefficient (Wildman–Crippen LogP) is 4.02. The van der Waals surface area contributed by atoms with Gasteiger partial charge in [0.1, 0.15) is 5.75 Å². The number of nitrogens with one attached hydrogen (secondary N) is 1. The van der Waals surface area contributed by atoms with Crippen LogP contribution in [0.1, 0.15) is 36.5 Å². The van der Waals surface area contributed by atoms with Crippen molar-refractivity contribution in [3.05, 3.63) is 65.2 Å². The molecule has 0 spiro atoms. The average molecular weight is 283 g/mol. The van der Waals surface area contributed by atoms with Crippen LogP contribution in [0.2, 0.25) is 0 Å². The lowest BCUT2D eigenvalue weighted by Gasteiger charge is -2.20. The molecule has 2 N–H and O–H groups in total. The van der Waals surface area contributed by atoms with Crippen LogP contribution in [0.3, 0.4) is 0 Å². The topological polar surface area (TPSA) is 32.3 Å². The lowest BCUT2D eigenvalue weighted by atomic mass is 9.90. The number of hydrogen-bond donors (Lipinski definition) is 2. The molecule has 0 aliphatic rings. The zero-order valence-corrected chi connectivity index (χ0v) is 13.1. The van der Waals surface area contributed by atoms with Gasteiger partial charge in [0.25, 0.3) is 0 Å². The highest BCUT2D eigenvalue weighted by Crippen LogP contribution is 2.23. The van der Waals surface area contributed by atoms with Crippen LogP contribution in [0.5, 0.6) is 5.75 Å². The summed E-state index contributed by atoms with van der Waals surface area (Å²) in [5, 5.41) is 13.2. The first-order valence-electron chi connectivity index (χ1n) is 7.62. The Morgan fingerprint density at radius 1 is 1.05 bits per heavy atom. The third-order valence-electron chi connectivity index (χ3n) is 3.68. The number of benzene rings is 2. The van der Waals surface area contributed by atoms with E-state index in [0.717, 1.165) is 13.0 Å². The largest absolute Gasteiger partial charge is 0.508 e. The second-order valence-electron chi connectivity index (χ2n) is 6.05. The minimum absolute atomic E-state index is 0.340. The van der Waals surface area contributed by atoms with E-state index in [0.29, 0.717) is 17.7 Å². The lowest BCUT2D eigenvalue weighted by molar-refractivity contribution is 0.473. The maximum atomic E-state index is 9.64. The molecule has 0 aliphatic carbocycles. The van der Waals surface area contributed by atoms with Crippen molar-refractivity contribution in [2.24, 2.45) is 0 Å². The standard InChI is InChI=1S/C19H25NO/c1-14(2)20-13-18(17-8-4-6-15(3)10-17)11-16-7-5-9-19(21)12-16/h4-10,12,14,18,20-21H,11,13H2,1-3H3. The molecule has 1 atom stereocenters. The first-order valence-corrected chi connectivity index (χ1v) is 7.62. The number of aryl methyl sites for hydroxylation is 1. The van der Waals surface area contributed by atoms with Gasteiger partial charge in [-0.2, -0.15) is 0 Å². The van der Waals surface area contributed by atoms with E-state index in [1.807, 2.05) is 12.1 Å². The van der Waals surface area contributed by atoms with Crippen LogP contribution in [0.15, 0.2) is 48.5 Å². The fourth-order valence-corrected chi connectivity index (χ4v) is 2.58. The lowest BCUT2D eigenvalue weighted by Crippen LogP contribution is -2.29. The highest BCUT2D eigenvalue weighted by Gasteiger charge is 2.13. The number of phenolic OH excluding ortho intramolecular Hbond substituents is 1. The molecule has 0 amide bonds. The summed E-state index contributed by atoms with van der Waals surface area (Å²) in [5.74, 6) is 0.751. The molecule has 21 heavy (non-hydrogen) atoms. The number of phenols is 1. The molecule has 0 saturated carbocycles. The molecular weight excluding hydrogens is 258 g/mol. The summed E-state index contributed by atoms with van der Waals surface area (Å²) in [6.45, 7) is 7.41. The summed E-state index contributed by atoms with van der Waals surface area (Å²) in [6, 6.07) is 16.8. The Morgan fingerprint density at radius 2 is 1.81 bits per heavy atom. The molecule has 0 fully saturated rings. The van der Waals surface area contributed by atoms with E-state index >= 15 is 0 Å². The molecule has 0 saturated heterocycles. The fraction of sp³-hybridized carbons (Fsp3) is 0.368. The van der Waals surface area contributed by atoms with E-state index in [4.69, 9.17) is 0 Å². The van der Waals surface area contributed by atoms with Crippen LogP contribution in [-0.2, 0) is 6.42 Å². The molecule has 2 aromatic rings. The van der Waals surface area contributed by atoms with E-state index in [1.165, 1.54) is 16.7 Å². The molecule has 0 radical (unpaired) electrons. The smallest absolute Gasteiger partial charge is 0.115 e. The second kappa shape index (κ2) is 7.28. The molecule has 2 rings (SSSR count). The predicted molar refractivity (Wildman–Crippen MR) is 88.9 cm³/mol. The first-order chi connectivity index (χ1) is 10.0. The molecule has 0 heterocycles. The highest BCUT2D eigenvalue weighted by molar-refractivity contribution is 5.31. The fourth-order valence-electron chi connectivity index (χ4n) is 2.58. The van der Waals surface area contributed by atoms with E-state index in [9.17, 15) is 5.11 Å². The van der Waals surface area contributed by atoms with Crippen molar-refractivity contribution in [2.75, 3.05) is 6.54 Å². The van der Waals surface area contributed by atoms with Crippen molar-refractivity contribution in [2.45, 2.75) is 39.2 Å². The Labute approximate surface area is 127 Å². The maximum absolute atomic E-state index is 9.64. The van der Waals surface area contributed by atoms with Gasteiger partial charge < -0.3 is 10.4 Å². The summed E-state index contributed by atoms with van der Waals surface area (Å²) in [4.78, 5) is 0. The molecule has 1 unspecified atom stereocenters. The minimum atomic E-state index is 0.340. The van der Waals surface area contributed by atoms with Gasteiger partial charge in [-0.3, -0.25) is 0 Å². The summed E-state index contributed by atoms with van der Waals surface area (Å²) in [7, 11) is 0. The molecule has 2 heteroatoms. The summed E-state index contributed by atoms with van der Waals surface area (Å²) < 4.78 is 0. The number of rotatable bonds is 6. The van der Waals surface area contributed by atoms with Crippen LogP contribution in [0.4, 0.5) is 0 Å². The SMILES string of the molecule is Cc1cccc(C(CNC(C)C)Cc2cccc(O)c2)c1. The maximum Gasteiger partial charge on any atom is 0.115 e. The summed E-state index contributed by atoms with van der Waals surface area (Å²) in [6.07, 6.45) is 0.928. The van der Waals surface area contributed by atoms with Crippen LogP contribution < -0.4 is 5.32 Å². The van der Waals surface area contributed by atoms with Crippen molar-refractivity contribution in [3.63, 3.8) is 0 Å². The Morgan fingerprint density at radius 3 is 2.48 bits per heavy atom. The van der Waals surface area contributed by atoms with Gasteiger partial charge in [0.05, 0.1) is 0 Å². The molecular formula is C19H25NO. The highest BCUT2D eigenvalue weighted by atomic mass is 16.3. The van der Waals surface area contributed by atoms with Gasteiger partial charge in [-0.25, -0.2) is 0 Å². The van der Waals surface area contributed by atoms with Crippen LogP contribution >= 0.6 is 0 Å². The van der Waals surface area contributed by atoms with Gasteiger partial charge in [0.2, 0.25) is 0 Å². The molecule has 0 aliphatic heterocycles. The normalized spacial score (nSPS) is 12.6. The zero-order valence-electron chi connectivity index (χ0n) is 13.1. The van der Waals surface area contributed by atoms with Crippen LogP contribution in [0, 0.1) is 6.92 Å². The third kappa shape index (κ3) is 4.91. The molecule has 112 valence electrons. The quantitative estimate of drug-likeness (QED) is 0.839. The second-order valence-corrected chi connectivity index (χ2v) is 6.05. The molecule has 2 nitrogen and oxygen atoms in total. The Bertz CT molecular complexity index is 577. The summed E-state index contributed by atoms with van der Waals surface area (Å²) >= 11 is 0. The van der Waals surface area contributed by atoms with E-state index in [1.54, 1.807) is 6.07 Å². The number of hydrogen-bond acceptors (Lipinski definition) is 2. The molecule has 0 bridgehead atoms. The van der Waals surface area contributed by atoms with Crippen molar-refractivity contribution < 1.29 is 5.11 Å². The Balaban J connectivity index is 2.19. The van der Waals surface area contributed by atoms with Gasteiger partial charge in [0.15, 0.2) is 0 Å². The van der Waals surface area contributed by atoms with Crippen molar-refractivity contribution in [3.8, 4) is 5.75 Å². The van der Waals surface area contributed by atoms with E-state index < -0.39 is 0 Å². The van der Waals surface area contributed by atoms with Gasteiger partial charge in [0, 0.05) is 18.5 Å². The van der Waals surface area contributed by atoms with Gasteiger partial charge in [-0.15, -0.1) is 0 Å². The van der Waals surface area contributed by atoms with E-state index in [-0.39, 0.29) is 0 Å². The van der Waals surface area contributed by atoms with Crippen LogP contribution in [0.25, 0.3) is 0 Å². The monoisotopic (exact) mass is 283 g/mol. The third-order valence-corrected chi connectivity index (χ3v) is 3.68. The molecule has 2 aromatic carbocycles. The average Bonchev–Trinajstić information content (AvgIpc) is 2.43. The van der Waals surface area contributed by atoms with Crippen LogP contribution in [-0.4, -0.2) is 17.7 Å². The number of aromatic hydroxyl groups is 1. The molecule has 0 aromatic heterocycles. The first kappa shape index (κ1) is 15.6. The summed E-state index contributed by atoms with van der Waals surface area (Å²) in [5.41, 5.74) is 3.82. The van der Waals surface area contributed by atoms with E-state index in [2.05, 4.69) is 56.4 Å². The van der Waals surface area contributed by atoms with Crippen molar-refractivity contribution >= 4 is 0 Å². The Hall–Kier alpha value is -1.80. The van der Waals surface area contributed by atoms with Gasteiger partial charge in [-0.1, -0.05) is 55.8 Å². The minimum Gasteiger partial charge on any atom is -0.508 e. The van der Waals surface area contributed by atoms with Gasteiger partial charge in [-0.05, 0) is 36.6 Å². The zero-order chi connectivity index (χ0) is 15.2. The Kier molecular flexibility index (Phi) is 5.40. The van der Waals surface area contributed by atoms with Crippen molar-refractivity contribution in [1.29, 1.82) is 0 Å². The van der Waals surface area contributed by atoms with Crippen molar-refractivity contribution in [1.82, 2.24) is 5.32 Å².